The van der Waals surface area contributed by atoms with Crippen LogP contribution in [0.25, 0.3) is 11.3 Å². The zero-order valence-corrected chi connectivity index (χ0v) is 37.5. The number of hydrogen-bond donors (Lipinski definition) is 4. The minimum Gasteiger partial charge on any atom is -0.453 e. The number of aromatic amines is 2. The number of ether oxygens (including phenoxy) is 2. The molecule has 5 aromatic rings. The Morgan fingerprint density at radius 3 is 1.55 bits per heavy atom. The molecule has 8 rings (SSSR count). The Balaban J connectivity index is 0.912. The molecule has 2 aromatic heterocycles. The number of carbonyl (C=O) groups excluding carboxylic acids is 4. The normalized spacial score (nSPS) is 25.3. The molecule has 0 spiro atoms. The molecule has 4 amide bonds. The van der Waals surface area contributed by atoms with E-state index in [0.29, 0.717) is 23.0 Å². The number of alkyl carbamates (subject to hydrolysis) is 2. The minimum atomic E-state index is -0.899. The summed E-state index contributed by atoms with van der Waals surface area (Å²) in [4.78, 5) is 74.0. The van der Waals surface area contributed by atoms with E-state index in [9.17, 15) is 19.2 Å². The molecule has 0 bridgehead atoms. The van der Waals surface area contributed by atoms with Crippen LogP contribution in [0.4, 0.5) is 9.59 Å². The number of carbonyl (C=O) groups is 4. The first-order valence-electron chi connectivity index (χ1n) is 22.6. The molecule has 64 heavy (non-hydrogen) atoms. The van der Waals surface area contributed by atoms with E-state index in [1.165, 1.54) is 19.8 Å². The van der Waals surface area contributed by atoms with Crippen molar-refractivity contribution in [1.29, 1.82) is 0 Å². The highest BCUT2D eigenvalue weighted by atomic mass is 16.5. The van der Waals surface area contributed by atoms with Gasteiger partial charge in [-0.2, -0.15) is 0 Å². The van der Waals surface area contributed by atoms with Crippen LogP contribution in [0.1, 0.15) is 136 Å². The second-order valence-electron chi connectivity index (χ2n) is 18.0. The number of H-pyrrole nitrogens is 2. The second-order valence-corrected chi connectivity index (χ2v) is 18.0. The summed E-state index contributed by atoms with van der Waals surface area (Å²) in [5.74, 6) is 2.35. The summed E-state index contributed by atoms with van der Waals surface area (Å²) in [6.45, 7) is 8.42. The molecule has 4 N–H and O–H groups in total. The van der Waals surface area contributed by atoms with Gasteiger partial charge in [0.1, 0.15) is 23.7 Å². The monoisotopic (exact) mass is 868 g/mol. The summed E-state index contributed by atoms with van der Waals surface area (Å²) < 4.78 is 9.79. The number of benzene rings is 3. The Morgan fingerprint density at radius 2 is 1.06 bits per heavy atom. The molecular weight excluding hydrogens is 809 g/mol. The summed E-state index contributed by atoms with van der Waals surface area (Å²) in [7, 11) is 2.59. The Morgan fingerprint density at radius 1 is 0.609 bits per heavy atom. The van der Waals surface area contributed by atoms with Crippen LogP contribution in [0, 0.1) is 11.8 Å². The summed E-state index contributed by atoms with van der Waals surface area (Å²) in [5, 5.41) is 5.53. The van der Waals surface area contributed by atoms with Gasteiger partial charge in [0.05, 0.1) is 38.2 Å². The quantitative estimate of drug-likeness (QED) is 0.102. The zero-order valence-electron chi connectivity index (χ0n) is 37.5. The molecule has 3 aliphatic rings. The number of nitrogens with zero attached hydrogens (tertiary/aromatic N) is 4. The van der Waals surface area contributed by atoms with Gasteiger partial charge in [0.15, 0.2) is 0 Å². The Bertz CT molecular complexity index is 2390. The first-order valence-corrected chi connectivity index (χ1v) is 22.6. The van der Waals surface area contributed by atoms with Gasteiger partial charge in [-0.15, -0.1) is 0 Å². The van der Waals surface area contributed by atoms with Gasteiger partial charge in [-0.05, 0) is 92.4 Å². The van der Waals surface area contributed by atoms with Crippen molar-refractivity contribution in [3.05, 3.63) is 131 Å². The first kappa shape index (κ1) is 44.2. The molecule has 0 unspecified atom stereocenters. The Kier molecular flexibility index (Phi) is 13.2. The van der Waals surface area contributed by atoms with Gasteiger partial charge in [0.2, 0.25) is 0 Å². The van der Waals surface area contributed by atoms with E-state index in [4.69, 9.17) is 19.4 Å². The minimum absolute atomic E-state index is 0.0497. The van der Waals surface area contributed by atoms with Crippen molar-refractivity contribution in [2.45, 2.75) is 114 Å². The Labute approximate surface area is 374 Å². The number of aromatic nitrogens is 4. The van der Waals surface area contributed by atoms with Crippen molar-refractivity contribution in [3.8, 4) is 11.3 Å². The van der Waals surface area contributed by atoms with Crippen molar-refractivity contribution in [1.82, 2.24) is 40.4 Å². The van der Waals surface area contributed by atoms with E-state index in [1.54, 1.807) is 0 Å². The molecule has 4 heterocycles. The lowest BCUT2D eigenvalue weighted by Gasteiger charge is -2.32. The predicted octanol–water partition coefficient (Wildman–Crippen LogP) is 9.03. The third kappa shape index (κ3) is 9.00. The molecule has 3 fully saturated rings. The van der Waals surface area contributed by atoms with E-state index in [1.807, 2.05) is 82.9 Å². The molecular formula is C50H60N8O6. The lowest BCUT2D eigenvalue weighted by atomic mass is 9.77. The largest absolute Gasteiger partial charge is 0.453 e. The number of methoxy groups -OCH3 is 2. The third-order valence-electron chi connectivity index (χ3n) is 14.3. The van der Waals surface area contributed by atoms with Gasteiger partial charge in [-0.1, -0.05) is 98.8 Å². The van der Waals surface area contributed by atoms with Gasteiger partial charge in [-0.3, -0.25) is 9.59 Å². The molecule has 0 radical (unpaired) electrons. The average molecular weight is 869 g/mol. The van der Waals surface area contributed by atoms with E-state index in [-0.39, 0.29) is 47.8 Å². The van der Waals surface area contributed by atoms with Crippen molar-refractivity contribution in [2.75, 3.05) is 14.2 Å². The zero-order chi connectivity index (χ0) is 45.1. The maximum atomic E-state index is 14.3. The van der Waals surface area contributed by atoms with Crippen LogP contribution in [0.15, 0.2) is 97.3 Å². The number of imidazole rings is 2. The summed E-state index contributed by atoms with van der Waals surface area (Å²) in [6.07, 6.45) is 8.11. The molecule has 3 aromatic carbocycles. The SMILES string of the molecule is COC(=O)N[C@@H](C(=O)N1[C@H](C)[C@H](C)C[C@H]1c1ncc(-c2ccc(C3CCC(c4cnc([C@@H]5C[C@@H](C)[C@@H](C)N5C(=O)[C@H](NC(=O)OC)c5ccccc5)[nH]4)CC3)cc2)[nH]1)c1ccccc1. The van der Waals surface area contributed by atoms with Crippen LogP contribution in [0.3, 0.4) is 0 Å². The highest BCUT2D eigenvalue weighted by Crippen LogP contribution is 2.44. The van der Waals surface area contributed by atoms with Gasteiger partial charge in [0, 0.05) is 29.9 Å². The lowest BCUT2D eigenvalue weighted by molar-refractivity contribution is -0.137. The van der Waals surface area contributed by atoms with Gasteiger partial charge < -0.3 is 39.9 Å². The fraction of sp³-hybridized carbons (Fsp3) is 0.440. The first-order chi connectivity index (χ1) is 30.9. The smallest absolute Gasteiger partial charge is 0.407 e. The van der Waals surface area contributed by atoms with Crippen molar-refractivity contribution >= 4 is 24.0 Å². The molecule has 2 aliphatic heterocycles. The third-order valence-corrected chi connectivity index (χ3v) is 14.3. The summed E-state index contributed by atoms with van der Waals surface area (Å²) >= 11 is 0. The van der Waals surface area contributed by atoms with Gasteiger partial charge >= 0.3 is 12.2 Å². The fourth-order valence-corrected chi connectivity index (χ4v) is 10.2. The van der Waals surface area contributed by atoms with Crippen molar-refractivity contribution in [3.63, 3.8) is 0 Å². The summed E-state index contributed by atoms with van der Waals surface area (Å²) in [5.41, 5.74) is 5.70. The second kappa shape index (κ2) is 19.1. The maximum absolute atomic E-state index is 14.3. The number of nitrogens with one attached hydrogen (secondary N) is 4. The van der Waals surface area contributed by atoms with E-state index >= 15 is 0 Å². The molecule has 2 saturated heterocycles. The molecule has 14 nitrogen and oxygen atoms in total. The van der Waals surface area contributed by atoms with Gasteiger partial charge in [-0.25, -0.2) is 19.6 Å². The molecule has 1 saturated carbocycles. The molecule has 336 valence electrons. The van der Waals surface area contributed by atoms with Crippen LogP contribution in [-0.2, 0) is 19.1 Å². The highest BCUT2D eigenvalue weighted by Gasteiger charge is 2.46. The molecule has 8 atom stereocenters. The number of rotatable bonds is 11. The lowest BCUT2D eigenvalue weighted by Crippen LogP contribution is -2.46. The van der Waals surface area contributed by atoms with E-state index < -0.39 is 24.3 Å². The predicted molar refractivity (Wildman–Crippen MR) is 242 cm³/mol. The van der Waals surface area contributed by atoms with E-state index in [2.05, 4.69) is 72.6 Å². The average Bonchev–Trinajstić information content (AvgIpc) is 4.14. The molecule has 1 aliphatic carbocycles. The van der Waals surface area contributed by atoms with Crippen LogP contribution >= 0.6 is 0 Å². The number of amides is 4. The fourth-order valence-electron chi connectivity index (χ4n) is 10.2. The van der Waals surface area contributed by atoms with Crippen molar-refractivity contribution < 1.29 is 28.7 Å². The Hall–Kier alpha value is -6.44. The molecule has 14 heteroatoms. The van der Waals surface area contributed by atoms with Crippen LogP contribution in [0.2, 0.25) is 0 Å². The van der Waals surface area contributed by atoms with Gasteiger partial charge in [0.25, 0.3) is 11.8 Å². The topological polar surface area (TPSA) is 175 Å². The highest BCUT2D eigenvalue weighted by molar-refractivity contribution is 5.88. The van der Waals surface area contributed by atoms with E-state index in [0.717, 1.165) is 67.1 Å². The standard InChI is InChI=1S/C50H60N8O6/c1-29-25-41(57(31(29)3)47(59)43(55-49(61)63-5)37-13-9-7-10-14-37)45-51-27-39(53-45)35-21-17-33(18-22-35)34-19-23-36(24-20-34)40-28-52-46(54-40)42-26-30(2)32(4)58(42)48(60)44(56-50(62)64-6)38-15-11-8-12-16-38/h7-18,21-22,27-32,34,36,41-44H,19-20,23-26H2,1-6H3,(H,51,53)(H,52,54)(H,55,61)(H,56,62)/t29-,30-,31-,32-,34?,36?,41+,42+,43-,44-/m1/s1. The number of likely N-dealkylation sites (tertiary alicyclic amines) is 2. The number of hydrogen-bond acceptors (Lipinski definition) is 8. The summed E-state index contributed by atoms with van der Waals surface area (Å²) in [6, 6.07) is 24.8. The van der Waals surface area contributed by atoms with Crippen LogP contribution in [0.5, 0.6) is 0 Å². The maximum Gasteiger partial charge on any atom is 0.407 e. The van der Waals surface area contributed by atoms with Crippen molar-refractivity contribution in [2.24, 2.45) is 11.8 Å². The van der Waals surface area contributed by atoms with Crippen LogP contribution < -0.4 is 10.6 Å². The van der Waals surface area contributed by atoms with Crippen LogP contribution in [-0.4, -0.2) is 80.0 Å².